The molecule has 0 bridgehead atoms. The number of aromatic nitrogens is 1. The molecule has 0 radical (unpaired) electrons. The molecule has 1 aliphatic rings. The summed E-state index contributed by atoms with van der Waals surface area (Å²) in [7, 11) is 2.02. The molecule has 0 saturated carbocycles. The number of hydrogen-bond donors (Lipinski definition) is 1. The van der Waals surface area contributed by atoms with Crippen molar-refractivity contribution in [2.75, 3.05) is 11.9 Å². The predicted molar refractivity (Wildman–Crippen MR) is 98.9 cm³/mol. The van der Waals surface area contributed by atoms with Gasteiger partial charge in [0.25, 0.3) is 0 Å². The van der Waals surface area contributed by atoms with E-state index in [1.807, 2.05) is 54.6 Å². The number of likely N-dealkylation sites (tertiary alicyclic amines) is 1. The van der Waals surface area contributed by atoms with Gasteiger partial charge in [0.05, 0.1) is 6.04 Å². The quantitative estimate of drug-likeness (QED) is 0.870. The van der Waals surface area contributed by atoms with Crippen LogP contribution in [0.4, 0.5) is 5.69 Å². The summed E-state index contributed by atoms with van der Waals surface area (Å²) in [5.74, 6) is -0.0612. The highest BCUT2D eigenvalue weighted by molar-refractivity contribution is 5.92. The van der Waals surface area contributed by atoms with E-state index >= 15 is 0 Å². The van der Waals surface area contributed by atoms with Crippen molar-refractivity contribution in [3.63, 3.8) is 0 Å². The third kappa shape index (κ3) is 3.99. The van der Waals surface area contributed by atoms with E-state index in [2.05, 4.69) is 16.0 Å². The SMILES string of the molecule is CC(=O)Nc1ccc(/C=C/C(=O)N2CCCC2c2cccn2C)cc1. The normalized spacial score (nSPS) is 17.2. The molecule has 130 valence electrons. The van der Waals surface area contributed by atoms with E-state index < -0.39 is 0 Å². The van der Waals surface area contributed by atoms with E-state index in [0.717, 1.165) is 30.6 Å². The third-order valence-electron chi connectivity index (χ3n) is 4.51. The summed E-state index contributed by atoms with van der Waals surface area (Å²) in [5.41, 5.74) is 2.86. The highest BCUT2D eigenvalue weighted by Crippen LogP contribution is 2.32. The molecule has 5 heteroatoms. The van der Waals surface area contributed by atoms with Gasteiger partial charge in [-0.1, -0.05) is 12.1 Å². The molecule has 1 N–H and O–H groups in total. The molecule has 0 spiro atoms. The third-order valence-corrected chi connectivity index (χ3v) is 4.51. The van der Waals surface area contributed by atoms with Gasteiger partial charge in [0, 0.05) is 44.2 Å². The van der Waals surface area contributed by atoms with Gasteiger partial charge in [-0.05, 0) is 48.7 Å². The number of carbonyl (C=O) groups is 2. The Bertz CT molecular complexity index is 790. The maximum Gasteiger partial charge on any atom is 0.247 e. The zero-order chi connectivity index (χ0) is 17.8. The standard InChI is InChI=1S/C20H23N3O2/c1-15(24)21-17-10-7-16(8-11-17)9-12-20(25)23-14-4-6-19(23)18-5-3-13-22(18)2/h3,5,7-13,19H,4,6,14H2,1-2H3,(H,21,24)/b12-9+. The fourth-order valence-electron chi connectivity index (χ4n) is 3.30. The number of aryl methyl sites for hydroxylation is 1. The molecule has 2 amide bonds. The van der Waals surface area contributed by atoms with Crippen LogP contribution in [-0.4, -0.2) is 27.8 Å². The fraction of sp³-hybridized carbons (Fsp3) is 0.300. The average Bonchev–Trinajstić information content (AvgIpc) is 3.21. The van der Waals surface area contributed by atoms with Crippen LogP contribution in [0.2, 0.25) is 0 Å². The molecule has 1 unspecified atom stereocenters. The minimum absolute atomic E-state index is 0.0367. The maximum absolute atomic E-state index is 12.6. The molecule has 1 atom stereocenters. The van der Waals surface area contributed by atoms with E-state index in [-0.39, 0.29) is 17.9 Å². The minimum Gasteiger partial charge on any atom is -0.353 e. The van der Waals surface area contributed by atoms with Crippen molar-refractivity contribution in [3.05, 3.63) is 59.9 Å². The lowest BCUT2D eigenvalue weighted by atomic mass is 10.1. The predicted octanol–water partition coefficient (Wildman–Crippen LogP) is 3.36. The molecule has 3 rings (SSSR count). The van der Waals surface area contributed by atoms with E-state index in [1.165, 1.54) is 12.6 Å². The summed E-state index contributed by atoms with van der Waals surface area (Å²) in [4.78, 5) is 25.6. The van der Waals surface area contributed by atoms with Crippen molar-refractivity contribution in [2.45, 2.75) is 25.8 Å². The molecular weight excluding hydrogens is 314 g/mol. The van der Waals surface area contributed by atoms with Gasteiger partial charge in [0.15, 0.2) is 0 Å². The van der Waals surface area contributed by atoms with Gasteiger partial charge in [0.2, 0.25) is 11.8 Å². The van der Waals surface area contributed by atoms with Crippen molar-refractivity contribution >= 4 is 23.6 Å². The summed E-state index contributed by atoms with van der Waals surface area (Å²) in [5, 5.41) is 2.73. The zero-order valence-electron chi connectivity index (χ0n) is 14.6. The maximum atomic E-state index is 12.6. The first-order valence-electron chi connectivity index (χ1n) is 8.52. The van der Waals surface area contributed by atoms with Crippen LogP contribution in [-0.2, 0) is 16.6 Å². The Balaban J connectivity index is 1.67. The Hall–Kier alpha value is -2.82. The highest BCUT2D eigenvalue weighted by atomic mass is 16.2. The van der Waals surface area contributed by atoms with Gasteiger partial charge in [-0.3, -0.25) is 9.59 Å². The van der Waals surface area contributed by atoms with Crippen molar-refractivity contribution in [3.8, 4) is 0 Å². The second-order valence-corrected chi connectivity index (χ2v) is 6.37. The van der Waals surface area contributed by atoms with Crippen molar-refractivity contribution in [1.82, 2.24) is 9.47 Å². The summed E-state index contributed by atoms with van der Waals surface area (Å²) in [6, 6.07) is 11.7. The summed E-state index contributed by atoms with van der Waals surface area (Å²) < 4.78 is 2.08. The number of anilines is 1. The van der Waals surface area contributed by atoms with Crippen LogP contribution in [0.1, 0.15) is 37.1 Å². The van der Waals surface area contributed by atoms with Gasteiger partial charge in [-0.25, -0.2) is 0 Å². The van der Waals surface area contributed by atoms with Crippen LogP contribution in [0, 0.1) is 0 Å². The fourth-order valence-corrected chi connectivity index (χ4v) is 3.30. The summed E-state index contributed by atoms with van der Waals surface area (Å²) in [6.45, 7) is 2.27. The lowest BCUT2D eigenvalue weighted by molar-refractivity contribution is -0.127. The van der Waals surface area contributed by atoms with E-state index in [4.69, 9.17) is 0 Å². The number of hydrogen-bond acceptors (Lipinski definition) is 2. The Kier molecular flexibility index (Phi) is 5.03. The summed E-state index contributed by atoms with van der Waals surface area (Å²) >= 11 is 0. The average molecular weight is 337 g/mol. The Morgan fingerprint density at radius 3 is 2.60 bits per heavy atom. The topological polar surface area (TPSA) is 54.3 Å². The first-order valence-corrected chi connectivity index (χ1v) is 8.52. The Labute approximate surface area is 147 Å². The van der Waals surface area contributed by atoms with Crippen molar-refractivity contribution < 1.29 is 9.59 Å². The van der Waals surface area contributed by atoms with Crippen molar-refractivity contribution in [1.29, 1.82) is 0 Å². The molecule has 25 heavy (non-hydrogen) atoms. The van der Waals surface area contributed by atoms with E-state index in [1.54, 1.807) is 6.08 Å². The van der Waals surface area contributed by atoms with Crippen LogP contribution in [0.5, 0.6) is 0 Å². The van der Waals surface area contributed by atoms with Gasteiger partial charge in [0.1, 0.15) is 0 Å². The molecule has 1 saturated heterocycles. The van der Waals surface area contributed by atoms with Crippen LogP contribution >= 0.6 is 0 Å². The number of amides is 2. The van der Waals surface area contributed by atoms with Gasteiger partial charge in [-0.2, -0.15) is 0 Å². The lowest BCUT2D eigenvalue weighted by Gasteiger charge is -2.24. The second kappa shape index (κ2) is 7.38. The van der Waals surface area contributed by atoms with E-state index in [9.17, 15) is 9.59 Å². The number of carbonyl (C=O) groups excluding carboxylic acids is 2. The molecule has 2 aromatic rings. The molecule has 0 aliphatic carbocycles. The first-order chi connectivity index (χ1) is 12.0. The smallest absolute Gasteiger partial charge is 0.247 e. The Morgan fingerprint density at radius 1 is 1.20 bits per heavy atom. The van der Waals surface area contributed by atoms with Crippen LogP contribution < -0.4 is 5.32 Å². The van der Waals surface area contributed by atoms with Crippen LogP contribution in [0.25, 0.3) is 6.08 Å². The van der Waals surface area contributed by atoms with Gasteiger partial charge in [-0.15, -0.1) is 0 Å². The summed E-state index contributed by atoms with van der Waals surface area (Å²) in [6.07, 6.45) is 7.50. The lowest BCUT2D eigenvalue weighted by Crippen LogP contribution is -2.29. The van der Waals surface area contributed by atoms with Crippen LogP contribution in [0.15, 0.2) is 48.7 Å². The molecule has 1 aromatic heterocycles. The number of nitrogens with one attached hydrogen (secondary N) is 1. The largest absolute Gasteiger partial charge is 0.353 e. The highest BCUT2D eigenvalue weighted by Gasteiger charge is 2.29. The Morgan fingerprint density at radius 2 is 1.96 bits per heavy atom. The number of benzene rings is 1. The van der Waals surface area contributed by atoms with Crippen LogP contribution in [0.3, 0.4) is 0 Å². The molecule has 5 nitrogen and oxygen atoms in total. The minimum atomic E-state index is -0.0979. The monoisotopic (exact) mass is 337 g/mol. The second-order valence-electron chi connectivity index (χ2n) is 6.37. The first kappa shape index (κ1) is 17.0. The number of rotatable bonds is 4. The molecule has 1 aliphatic heterocycles. The molecular formula is C20H23N3O2. The van der Waals surface area contributed by atoms with Gasteiger partial charge < -0.3 is 14.8 Å². The zero-order valence-corrected chi connectivity index (χ0v) is 14.6. The molecule has 2 heterocycles. The number of nitrogens with zero attached hydrogens (tertiary/aromatic N) is 2. The van der Waals surface area contributed by atoms with Crippen molar-refractivity contribution in [2.24, 2.45) is 7.05 Å². The molecule has 1 aromatic carbocycles. The molecule has 1 fully saturated rings. The van der Waals surface area contributed by atoms with Gasteiger partial charge >= 0.3 is 0 Å². The van der Waals surface area contributed by atoms with E-state index in [0.29, 0.717) is 0 Å².